The summed E-state index contributed by atoms with van der Waals surface area (Å²) >= 11 is 7.29. The first-order chi connectivity index (χ1) is 32.3. The highest BCUT2D eigenvalue weighted by Gasteiger charge is 2.28. The van der Waals surface area contributed by atoms with Crippen LogP contribution in [0.2, 0.25) is 0 Å². The Bertz CT molecular complexity index is 2860. The molecule has 0 spiro atoms. The molecule has 4 aromatic heterocycles. The van der Waals surface area contributed by atoms with Gasteiger partial charge in [0.25, 0.3) is 0 Å². The van der Waals surface area contributed by atoms with Crippen LogP contribution >= 0.6 is 45.3 Å². The summed E-state index contributed by atoms with van der Waals surface area (Å²) in [7, 11) is 0.825. The Labute approximate surface area is 417 Å². The van der Waals surface area contributed by atoms with Crippen LogP contribution in [-0.4, -0.2) is 18.4 Å². The molecule has 4 nitrogen and oxygen atoms in total. The van der Waals surface area contributed by atoms with E-state index in [1.54, 1.807) is 11.3 Å². The van der Waals surface area contributed by atoms with Gasteiger partial charge in [-0.1, -0.05) is 137 Å². The minimum absolute atomic E-state index is 0.238. The van der Waals surface area contributed by atoms with Gasteiger partial charge in [-0.2, -0.15) is 5.26 Å². The monoisotopic (exact) mass is 960 g/mol. The number of fused-ring (bicyclic) bond motifs is 3. The molecule has 0 unspecified atom stereocenters. The fraction of sp³-hybridized carbons (Fsp3) is 0.310. The number of hydrogen-bond donors (Lipinski definition) is 1. The van der Waals surface area contributed by atoms with Crippen LogP contribution in [0.3, 0.4) is 0 Å². The highest BCUT2D eigenvalue weighted by molar-refractivity contribution is 7.30. The van der Waals surface area contributed by atoms with Crippen molar-refractivity contribution in [3.05, 3.63) is 158 Å². The number of aliphatic carboxylic acids is 1. The number of thiophene rings is 4. The average molecular weight is 961 g/mol. The molecule has 6 rings (SSSR count). The third kappa shape index (κ3) is 12.3. The van der Waals surface area contributed by atoms with Gasteiger partial charge in [0.15, 0.2) is 7.28 Å². The van der Waals surface area contributed by atoms with Crippen LogP contribution in [0, 0.1) is 25.2 Å². The molecule has 346 valence electrons. The number of unbranched alkanes of at least 4 members (excludes halogenated alkanes) is 6. The minimum Gasteiger partial charge on any atom is -0.477 e. The maximum Gasteiger partial charge on any atom is 0.346 e. The highest BCUT2D eigenvalue weighted by atomic mass is 32.1. The van der Waals surface area contributed by atoms with Crippen LogP contribution < -0.4 is 15.8 Å². The lowest BCUT2D eigenvalue weighted by atomic mass is 9.69. The van der Waals surface area contributed by atoms with Crippen molar-refractivity contribution in [3.8, 4) is 35.3 Å². The van der Waals surface area contributed by atoms with Crippen molar-refractivity contribution >= 4 is 86.9 Å². The first kappa shape index (κ1) is 51.2. The number of aryl methyl sites for hydroxylation is 4. The third-order valence-corrected chi connectivity index (χ3v) is 17.5. The van der Waals surface area contributed by atoms with Gasteiger partial charge in [0, 0.05) is 56.1 Å². The van der Waals surface area contributed by atoms with Crippen LogP contribution in [0.1, 0.15) is 125 Å². The summed E-state index contributed by atoms with van der Waals surface area (Å²) < 4.78 is 0. The number of carbonyl (C=O) groups is 1. The summed E-state index contributed by atoms with van der Waals surface area (Å²) in [4.78, 5) is 23.8. The highest BCUT2D eigenvalue weighted by Crippen LogP contribution is 2.47. The van der Waals surface area contributed by atoms with Gasteiger partial charge in [0.1, 0.15) is 11.6 Å². The lowest BCUT2D eigenvalue weighted by molar-refractivity contribution is -0.132. The molecule has 67 heavy (non-hydrogen) atoms. The molecule has 1 N–H and O–H groups in total. The van der Waals surface area contributed by atoms with E-state index in [0.717, 1.165) is 59.6 Å². The van der Waals surface area contributed by atoms with Gasteiger partial charge in [-0.15, -0.1) is 45.3 Å². The number of carboxylic acid groups (broad SMARTS) is 1. The summed E-state index contributed by atoms with van der Waals surface area (Å²) in [5.41, 5.74) is 13.8. The number of nitriles is 1. The molecule has 0 bridgehead atoms. The molecule has 5 heterocycles. The van der Waals surface area contributed by atoms with Crippen LogP contribution in [0.5, 0.6) is 0 Å². The topological polar surface area (TPSA) is 64.3 Å². The van der Waals surface area contributed by atoms with Crippen LogP contribution in [0.4, 0.5) is 5.69 Å². The Balaban J connectivity index is 1.37. The van der Waals surface area contributed by atoms with Crippen molar-refractivity contribution in [2.24, 2.45) is 0 Å². The summed E-state index contributed by atoms with van der Waals surface area (Å²) in [5.74, 6) is -1.19. The summed E-state index contributed by atoms with van der Waals surface area (Å²) in [5, 5.41) is 18.8. The molecule has 0 saturated carbocycles. The fourth-order valence-corrected chi connectivity index (χ4v) is 13.8. The van der Waals surface area contributed by atoms with Gasteiger partial charge in [0.2, 0.25) is 0 Å². The van der Waals surface area contributed by atoms with Crippen LogP contribution in [0.15, 0.2) is 126 Å². The Kier molecular flexibility index (Phi) is 18.5. The number of carboxylic acids is 1. The molecule has 1 aliphatic rings. The van der Waals surface area contributed by atoms with E-state index < -0.39 is 5.97 Å². The van der Waals surface area contributed by atoms with Crippen molar-refractivity contribution in [2.45, 2.75) is 120 Å². The smallest absolute Gasteiger partial charge is 0.346 e. The van der Waals surface area contributed by atoms with Gasteiger partial charge in [0.05, 0.1) is 0 Å². The SMILES string of the molecule is C=C(/C=C\C(=C/C)c1sc(-c2sc(-c3cc4c(s3)-c3sc(/C=C(\C#N)C(=O)O)cc3B4)cc2CCCCCC)cc1CCCCCC)/C(=C/C)N(C(=C)/C(C)=C\C=C/C)c1ccc(C)cc1C. The van der Waals surface area contributed by atoms with E-state index in [1.165, 1.54) is 124 Å². The number of rotatable bonds is 23. The fourth-order valence-electron chi connectivity index (χ4n) is 8.63. The molecule has 0 radical (unpaired) electrons. The Morgan fingerprint density at radius 2 is 1.45 bits per heavy atom. The first-order valence-electron chi connectivity index (χ1n) is 23.8. The van der Waals surface area contributed by atoms with Crippen LogP contribution in [0.25, 0.3) is 40.9 Å². The molecular formula is C58H65BN2O2S4. The van der Waals surface area contributed by atoms with Crippen molar-refractivity contribution in [3.63, 3.8) is 0 Å². The molecule has 0 aliphatic carbocycles. The summed E-state index contributed by atoms with van der Waals surface area (Å²) in [6.07, 6.45) is 28.4. The van der Waals surface area contributed by atoms with Gasteiger partial charge >= 0.3 is 5.97 Å². The average Bonchev–Trinajstić information content (AvgIpc) is 4.15. The minimum atomic E-state index is -1.19. The maximum atomic E-state index is 11.6. The molecule has 0 fully saturated rings. The largest absolute Gasteiger partial charge is 0.477 e. The molecule has 1 aliphatic heterocycles. The zero-order chi connectivity index (χ0) is 48.2. The second kappa shape index (κ2) is 24.2. The maximum absolute atomic E-state index is 11.6. The van der Waals surface area contributed by atoms with Crippen molar-refractivity contribution in [1.82, 2.24) is 0 Å². The van der Waals surface area contributed by atoms with Gasteiger partial charge in [-0.3, -0.25) is 0 Å². The van der Waals surface area contributed by atoms with Gasteiger partial charge in [-0.25, -0.2) is 4.79 Å². The quantitative estimate of drug-likeness (QED) is 0.0228. The molecular weight excluding hydrogens is 896 g/mol. The second-order valence-corrected chi connectivity index (χ2v) is 21.6. The van der Waals surface area contributed by atoms with E-state index in [9.17, 15) is 15.2 Å². The lowest BCUT2D eigenvalue weighted by Gasteiger charge is -2.32. The Morgan fingerprint density at radius 3 is 2.09 bits per heavy atom. The van der Waals surface area contributed by atoms with Crippen molar-refractivity contribution in [1.29, 1.82) is 5.26 Å². The van der Waals surface area contributed by atoms with E-state index in [-0.39, 0.29) is 5.57 Å². The van der Waals surface area contributed by atoms with Gasteiger partial charge < -0.3 is 10.0 Å². The molecule has 5 aromatic rings. The summed E-state index contributed by atoms with van der Waals surface area (Å²) in [6, 6.07) is 17.8. The standard InChI is InChI=1S/C58H65BN2O2S4/c1-11-16-19-21-24-43-33-53(67-54(43)42(14-4)28-27-39(8)49(15-5)61(41(10)38(7)23-18-13-3)50-29-26-37(6)30-40(50)9)55-44(25-22-20-17-12-2)32-51(65-55)52-35-48-57(66-52)56-47(59-48)34-46(64-56)31-45(36-60)58(62)63/h13-15,18,23,26-35,59H,8,10-12,16-17,19-22,24-25H2,1-7,9H3,(H,62,63)/b18-13-,28-27-,38-23-,42-14+,45-31+,49-15-. The van der Waals surface area contributed by atoms with E-state index in [4.69, 9.17) is 0 Å². The number of hydrogen-bond acceptors (Lipinski definition) is 7. The predicted molar refractivity (Wildman–Crippen MR) is 299 cm³/mol. The molecule has 1 aromatic carbocycles. The lowest BCUT2D eigenvalue weighted by Crippen LogP contribution is -2.23. The molecule has 0 saturated heterocycles. The molecule has 9 heteroatoms. The summed E-state index contributed by atoms with van der Waals surface area (Å²) in [6.45, 7) is 26.5. The Morgan fingerprint density at radius 1 is 0.791 bits per heavy atom. The normalized spacial score (nSPS) is 13.1. The second-order valence-electron chi connectivity index (χ2n) is 17.4. The van der Waals surface area contributed by atoms with Crippen LogP contribution in [-0.2, 0) is 17.6 Å². The molecule has 0 amide bonds. The molecule has 0 atom stereocenters. The zero-order valence-corrected chi connectivity index (χ0v) is 44.0. The van der Waals surface area contributed by atoms with Gasteiger partial charge in [-0.05, 0) is 137 Å². The van der Waals surface area contributed by atoms with E-state index in [2.05, 4.69) is 139 Å². The van der Waals surface area contributed by atoms with E-state index >= 15 is 0 Å². The van der Waals surface area contributed by atoms with Crippen molar-refractivity contribution < 1.29 is 9.90 Å². The number of benzene rings is 1. The number of allylic oxidation sites excluding steroid dienone is 9. The number of anilines is 1. The first-order valence-corrected chi connectivity index (χ1v) is 27.1. The van der Waals surface area contributed by atoms with E-state index in [0.29, 0.717) is 0 Å². The third-order valence-electron chi connectivity index (χ3n) is 12.3. The Hall–Kier alpha value is -5.24. The van der Waals surface area contributed by atoms with Crippen molar-refractivity contribution in [2.75, 3.05) is 4.90 Å². The number of nitrogens with zero attached hydrogens (tertiary/aromatic N) is 2. The zero-order valence-electron chi connectivity index (χ0n) is 40.7. The van der Waals surface area contributed by atoms with E-state index in [1.807, 2.05) is 59.1 Å². The predicted octanol–water partition coefficient (Wildman–Crippen LogP) is 16.5.